The summed E-state index contributed by atoms with van der Waals surface area (Å²) in [5, 5.41) is 0. The van der Waals surface area contributed by atoms with Crippen LogP contribution in [0.3, 0.4) is 0 Å². The van der Waals surface area contributed by atoms with Gasteiger partial charge >= 0.3 is 0 Å². The molecule has 0 saturated heterocycles. The summed E-state index contributed by atoms with van der Waals surface area (Å²) in [7, 11) is 0. The molecular weight excluding hydrogens is 463 g/mol. The number of aryl methyl sites for hydroxylation is 2. The summed E-state index contributed by atoms with van der Waals surface area (Å²) in [6.07, 6.45) is 8.09. The first-order valence-electron chi connectivity index (χ1n) is 12.3. The van der Waals surface area contributed by atoms with Crippen LogP contribution in [-0.4, -0.2) is 45.9 Å². The lowest BCUT2D eigenvalue weighted by atomic mass is 10.0. The van der Waals surface area contributed by atoms with E-state index in [1.807, 2.05) is 12.1 Å². The van der Waals surface area contributed by atoms with E-state index < -0.39 is 0 Å². The van der Waals surface area contributed by atoms with Gasteiger partial charge in [0.1, 0.15) is 22.6 Å². The van der Waals surface area contributed by atoms with E-state index in [1.165, 1.54) is 0 Å². The first-order chi connectivity index (χ1) is 16.0. The van der Waals surface area contributed by atoms with E-state index in [2.05, 4.69) is 27.7 Å². The molecule has 0 spiro atoms. The highest BCUT2D eigenvalue weighted by molar-refractivity contribution is 6.55. The van der Waals surface area contributed by atoms with Gasteiger partial charge in [-0.05, 0) is 74.3 Å². The van der Waals surface area contributed by atoms with Gasteiger partial charge in [0, 0.05) is 19.8 Å². The van der Waals surface area contributed by atoms with Crippen LogP contribution in [0.5, 0.6) is 11.5 Å². The van der Waals surface area contributed by atoms with Gasteiger partial charge in [-0.1, -0.05) is 50.9 Å². The first-order valence-corrected chi connectivity index (χ1v) is 13.0. The third kappa shape index (κ3) is 13.5. The van der Waals surface area contributed by atoms with Gasteiger partial charge in [0.15, 0.2) is 6.29 Å². The highest BCUT2D eigenvalue weighted by atomic mass is 35.5. The fourth-order valence-corrected chi connectivity index (χ4v) is 3.32. The number of rotatable bonds is 20. The minimum atomic E-state index is -0.261. The molecule has 7 heteroatoms. The third-order valence-corrected chi connectivity index (χ3v) is 5.22. The molecule has 0 aliphatic carbocycles. The molecule has 1 aromatic rings. The first kappa shape index (κ1) is 30.1. The zero-order valence-electron chi connectivity index (χ0n) is 20.8. The maximum absolute atomic E-state index is 6.19. The van der Waals surface area contributed by atoms with Crippen molar-refractivity contribution < 1.29 is 23.7 Å². The van der Waals surface area contributed by atoms with Gasteiger partial charge in [-0.3, -0.25) is 0 Å². The lowest BCUT2D eigenvalue weighted by molar-refractivity contribution is -0.172. The Bertz CT molecular complexity index is 629. The number of unbranched alkanes of at least 4 members (excludes halogenated alkanes) is 2. The molecule has 0 atom stereocenters. The zero-order valence-corrected chi connectivity index (χ0v) is 22.3. The van der Waals surface area contributed by atoms with E-state index in [0.717, 1.165) is 67.6 Å². The topological polar surface area (TPSA) is 46.2 Å². The fourth-order valence-electron chi connectivity index (χ4n) is 3.20. The Hall–Kier alpha value is -0.980. The fraction of sp³-hybridized carbons (Fsp3) is 0.692. The monoisotopic (exact) mass is 504 g/mol. The van der Waals surface area contributed by atoms with E-state index in [1.54, 1.807) is 6.08 Å². The lowest BCUT2D eigenvalue weighted by Gasteiger charge is -2.18. The Labute approximate surface area is 210 Å². The van der Waals surface area contributed by atoms with E-state index in [0.29, 0.717) is 39.6 Å². The molecule has 1 aromatic carbocycles. The summed E-state index contributed by atoms with van der Waals surface area (Å²) in [4.78, 5) is 0. The van der Waals surface area contributed by atoms with Crippen molar-refractivity contribution in [3.63, 3.8) is 0 Å². The molecule has 0 saturated carbocycles. The molecule has 190 valence electrons. The van der Waals surface area contributed by atoms with Crippen molar-refractivity contribution in [2.75, 3.05) is 39.6 Å². The van der Waals surface area contributed by atoms with Crippen LogP contribution in [0.25, 0.3) is 0 Å². The normalized spacial score (nSPS) is 11.1. The zero-order chi connectivity index (χ0) is 24.3. The molecule has 0 bridgehead atoms. The molecule has 33 heavy (non-hydrogen) atoms. The van der Waals surface area contributed by atoms with Crippen LogP contribution < -0.4 is 9.47 Å². The minimum absolute atomic E-state index is 0.209. The van der Waals surface area contributed by atoms with Crippen LogP contribution in [0, 0.1) is 0 Å². The second-order valence-corrected chi connectivity index (χ2v) is 8.75. The van der Waals surface area contributed by atoms with E-state index in [-0.39, 0.29) is 10.8 Å². The average molecular weight is 506 g/mol. The van der Waals surface area contributed by atoms with Crippen LogP contribution in [0.4, 0.5) is 0 Å². The molecule has 0 radical (unpaired) electrons. The van der Waals surface area contributed by atoms with Gasteiger partial charge in [0.2, 0.25) is 0 Å². The van der Waals surface area contributed by atoms with Gasteiger partial charge in [-0.25, -0.2) is 0 Å². The molecule has 1 rings (SSSR count). The van der Waals surface area contributed by atoms with Crippen LogP contribution in [0.1, 0.15) is 70.9 Å². The average Bonchev–Trinajstić information content (AvgIpc) is 2.81. The summed E-state index contributed by atoms with van der Waals surface area (Å²) in [6, 6.07) is 4.08. The molecule has 0 amide bonds. The molecule has 0 N–H and O–H groups in total. The molecule has 0 heterocycles. The predicted octanol–water partition coefficient (Wildman–Crippen LogP) is 7.25. The highest BCUT2D eigenvalue weighted by Crippen LogP contribution is 2.31. The number of hydrogen-bond donors (Lipinski definition) is 0. The van der Waals surface area contributed by atoms with E-state index in [9.17, 15) is 0 Å². The van der Waals surface area contributed by atoms with Crippen LogP contribution in [0.15, 0.2) is 22.7 Å². The van der Waals surface area contributed by atoms with Crippen molar-refractivity contribution in [1.82, 2.24) is 0 Å². The lowest BCUT2D eigenvalue weighted by Crippen LogP contribution is -2.24. The Morgan fingerprint density at radius 1 is 0.818 bits per heavy atom. The van der Waals surface area contributed by atoms with Crippen molar-refractivity contribution in [3.8, 4) is 11.5 Å². The quantitative estimate of drug-likeness (QED) is 0.138. The Morgan fingerprint density at radius 2 is 1.42 bits per heavy atom. The molecule has 0 fully saturated rings. The predicted molar refractivity (Wildman–Crippen MR) is 137 cm³/mol. The number of hydrogen-bond acceptors (Lipinski definition) is 5. The second-order valence-electron chi connectivity index (χ2n) is 7.74. The second kappa shape index (κ2) is 19.3. The SMILES string of the molecule is CCCOC(COCCCCCOc1c(CC)cc(OCC=C(Cl)Cl)cc1CC)OCCC. The van der Waals surface area contributed by atoms with Gasteiger partial charge in [-0.15, -0.1) is 0 Å². The largest absolute Gasteiger partial charge is 0.493 e. The number of ether oxygens (including phenoxy) is 5. The number of halogens is 2. The van der Waals surface area contributed by atoms with Gasteiger partial charge < -0.3 is 23.7 Å². The summed E-state index contributed by atoms with van der Waals surface area (Å²) >= 11 is 11.3. The summed E-state index contributed by atoms with van der Waals surface area (Å²) < 4.78 is 29.3. The Kier molecular flexibility index (Phi) is 17.6. The van der Waals surface area contributed by atoms with Crippen LogP contribution in [-0.2, 0) is 27.1 Å². The van der Waals surface area contributed by atoms with Gasteiger partial charge in [0.25, 0.3) is 0 Å². The van der Waals surface area contributed by atoms with Crippen molar-refractivity contribution in [2.24, 2.45) is 0 Å². The third-order valence-electron chi connectivity index (χ3n) is 4.91. The number of benzene rings is 1. The van der Waals surface area contributed by atoms with Gasteiger partial charge in [-0.2, -0.15) is 0 Å². The van der Waals surface area contributed by atoms with Crippen molar-refractivity contribution in [2.45, 2.75) is 78.9 Å². The van der Waals surface area contributed by atoms with Crippen LogP contribution in [0.2, 0.25) is 0 Å². The Morgan fingerprint density at radius 3 is 1.97 bits per heavy atom. The molecule has 0 aliphatic rings. The van der Waals surface area contributed by atoms with Crippen molar-refractivity contribution in [1.29, 1.82) is 0 Å². The van der Waals surface area contributed by atoms with Crippen LogP contribution >= 0.6 is 23.2 Å². The molecular formula is C26H42Cl2O5. The van der Waals surface area contributed by atoms with Crippen molar-refractivity contribution in [3.05, 3.63) is 33.8 Å². The molecule has 0 aliphatic heterocycles. The summed E-state index contributed by atoms with van der Waals surface area (Å²) in [5.74, 6) is 1.79. The maximum Gasteiger partial charge on any atom is 0.180 e. The molecule has 5 nitrogen and oxygen atoms in total. The molecule has 0 aromatic heterocycles. The highest BCUT2D eigenvalue weighted by Gasteiger charge is 2.12. The summed E-state index contributed by atoms with van der Waals surface area (Å²) in [5.41, 5.74) is 2.30. The summed E-state index contributed by atoms with van der Waals surface area (Å²) in [6.45, 7) is 12.0. The van der Waals surface area contributed by atoms with E-state index >= 15 is 0 Å². The smallest absolute Gasteiger partial charge is 0.180 e. The van der Waals surface area contributed by atoms with E-state index in [4.69, 9.17) is 46.9 Å². The van der Waals surface area contributed by atoms with Crippen molar-refractivity contribution >= 4 is 23.2 Å². The maximum atomic E-state index is 6.19. The standard InChI is InChI=1S/C26H42Cl2O5/c1-5-13-31-25(32-14-6-2)20-29-15-10-9-11-16-33-26-21(7-3)18-23(19-22(26)8-4)30-17-12-24(27)28/h12,18-19,25H,5-11,13-17,20H2,1-4H3. The van der Waals surface area contributed by atoms with Gasteiger partial charge in [0.05, 0.1) is 13.2 Å². The minimum Gasteiger partial charge on any atom is -0.493 e. The molecule has 0 unspecified atom stereocenters. The Balaban J connectivity index is 2.38.